The second kappa shape index (κ2) is 9.46. The highest BCUT2D eigenvalue weighted by Crippen LogP contribution is 2.15. The minimum Gasteiger partial charge on any atom is -0.497 e. The molecule has 138 valence electrons. The summed E-state index contributed by atoms with van der Waals surface area (Å²) >= 11 is 0. The molecule has 0 aromatic heterocycles. The summed E-state index contributed by atoms with van der Waals surface area (Å²) in [4.78, 5) is 23.4. The van der Waals surface area contributed by atoms with E-state index in [1.54, 1.807) is 38.3 Å². The number of carbonyl (C=O) groups is 2. The molecule has 1 N–H and O–H groups in total. The highest BCUT2D eigenvalue weighted by Gasteiger charge is 2.14. The van der Waals surface area contributed by atoms with E-state index in [1.807, 2.05) is 24.3 Å². The van der Waals surface area contributed by atoms with Gasteiger partial charge in [0.15, 0.2) is 6.10 Å². The second-order valence-corrected chi connectivity index (χ2v) is 5.72. The Labute approximate surface area is 153 Å². The highest BCUT2D eigenvalue weighted by atomic mass is 16.5. The molecule has 0 fully saturated rings. The number of carbonyl (C=O) groups excluding carboxylic acids is 2. The zero-order chi connectivity index (χ0) is 18.9. The SMILES string of the molecule is COC(=O)Cc1ccc(OC(C)C(=O)NCc2ccc(OC)cc2)cc1. The van der Waals surface area contributed by atoms with Crippen molar-refractivity contribution in [3.63, 3.8) is 0 Å². The van der Waals surface area contributed by atoms with Crippen LogP contribution in [0.4, 0.5) is 0 Å². The topological polar surface area (TPSA) is 73.9 Å². The third-order valence-corrected chi connectivity index (χ3v) is 3.81. The van der Waals surface area contributed by atoms with Crippen molar-refractivity contribution in [2.75, 3.05) is 14.2 Å². The van der Waals surface area contributed by atoms with Gasteiger partial charge in [0.05, 0.1) is 20.6 Å². The van der Waals surface area contributed by atoms with Gasteiger partial charge in [-0.15, -0.1) is 0 Å². The molecule has 0 radical (unpaired) electrons. The molecule has 6 heteroatoms. The number of hydrogen-bond acceptors (Lipinski definition) is 5. The van der Waals surface area contributed by atoms with Gasteiger partial charge in [0.25, 0.3) is 5.91 Å². The molecule has 1 atom stereocenters. The minimum absolute atomic E-state index is 0.203. The van der Waals surface area contributed by atoms with E-state index in [0.29, 0.717) is 12.3 Å². The fourth-order valence-corrected chi connectivity index (χ4v) is 2.26. The van der Waals surface area contributed by atoms with Gasteiger partial charge in [-0.2, -0.15) is 0 Å². The van der Waals surface area contributed by atoms with Crippen LogP contribution < -0.4 is 14.8 Å². The molecule has 1 amide bonds. The summed E-state index contributed by atoms with van der Waals surface area (Å²) in [6, 6.07) is 14.5. The van der Waals surface area contributed by atoms with Crippen LogP contribution in [0, 0.1) is 0 Å². The van der Waals surface area contributed by atoms with E-state index in [0.717, 1.165) is 16.9 Å². The van der Waals surface area contributed by atoms with Gasteiger partial charge in [0.2, 0.25) is 0 Å². The quantitative estimate of drug-likeness (QED) is 0.735. The smallest absolute Gasteiger partial charge is 0.309 e. The summed E-state index contributed by atoms with van der Waals surface area (Å²) in [7, 11) is 2.96. The minimum atomic E-state index is -0.639. The van der Waals surface area contributed by atoms with Crippen molar-refractivity contribution in [1.29, 1.82) is 0 Å². The Morgan fingerprint density at radius 3 is 2.08 bits per heavy atom. The van der Waals surface area contributed by atoms with Crippen molar-refractivity contribution in [2.24, 2.45) is 0 Å². The molecule has 0 aliphatic carbocycles. The van der Waals surface area contributed by atoms with Crippen LogP contribution >= 0.6 is 0 Å². The van der Waals surface area contributed by atoms with E-state index in [9.17, 15) is 9.59 Å². The van der Waals surface area contributed by atoms with E-state index in [-0.39, 0.29) is 18.3 Å². The summed E-state index contributed by atoms with van der Waals surface area (Å²) in [5, 5.41) is 2.84. The molecule has 0 heterocycles. The maximum atomic E-state index is 12.2. The number of benzene rings is 2. The predicted octanol–water partition coefficient (Wildman–Crippen LogP) is 2.49. The monoisotopic (exact) mass is 357 g/mol. The van der Waals surface area contributed by atoms with Gasteiger partial charge in [0, 0.05) is 6.54 Å². The average molecular weight is 357 g/mol. The summed E-state index contributed by atoms with van der Waals surface area (Å²) in [6.07, 6.45) is -0.436. The number of ether oxygens (including phenoxy) is 3. The largest absolute Gasteiger partial charge is 0.497 e. The van der Waals surface area contributed by atoms with Crippen molar-refractivity contribution >= 4 is 11.9 Å². The molecular weight excluding hydrogens is 334 g/mol. The fraction of sp³-hybridized carbons (Fsp3) is 0.300. The molecule has 2 rings (SSSR count). The molecule has 0 spiro atoms. The van der Waals surface area contributed by atoms with Crippen molar-refractivity contribution in [3.05, 3.63) is 59.7 Å². The molecule has 0 aliphatic rings. The van der Waals surface area contributed by atoms with Crippen LogP contribution in [-0.2, 0) is 27.3 Å². The number of methoxy groups -OCH3 is 2. The summed E-state index contributed by atoms with van der Waals surface area (Å²) in [6.45, 7) is 2.10. The first kappa shape index (κ1) is 19.3. The lowest BCUT2D eigenvalue weighted by molar-refractivity contribution is -0.139. The third-order valence-electron chi connectivity index (χ3n) is 3.81. The van der Waals surface area contributed by atoms with Crippen LogP contribution in [0.15, 0.2) is 48.5 Å². The van der Waals surface area contributed by atoms with Gasteiger partial charge in [-0.25, -0.2) is 0 Å². The van der Waals surface area contributed by atoms with Crippen molar-refractivity contribution < 1.29 is 23.8 Å². The Kier molecular flexibility index (Phi) is 7.02. The zero-order valence-corrected chi connectivity index (χ0v) is 15.2. The molecule has 0 saturated carbocycles. The molecule has 0 aliphatic heterocycles. The van der Waals surface area contributed by atoms with E-state index in [4.69, 9.17) is 9.47 Å². The van der Waals surface area contributed by atoms with Gasteiger partial charge in [0.1, 0.15) is 11.5 Å². The van der Waals surface area contributed by atoms with Crippen molar-refractivity contribution in [3.8, 4) is 11.5 Å². The maximum absolute atomic E-state index is 12.2. The van der Waals surface area contributed by atoms with Gasteiger partial charge in [-0.3, -0.25) is 9.59 Å². The van der Waals surface area contributed by atoms with Crippen LogP contribution in [-0.4, -0.2) is 32.2 Å². The summed E-state index contributed by atoms with van der Waals surface area (Å²) in [5.41, 5.74) is 1.79. The number of esters is 1. The summed E-state index contributed by atoms with van der Waals surface area (Å²) in [5.74, 6) is 0.822. The lowest BCUT2D eigenvalue weighted by Crippen LogP contribution is -2.35. The average Bonchev–Trinajstić information content (AvgIpc) is 2.67. The molecular formula is C20H23NO5. The van der Waals surface area contributed by atoms with Crippen molar-refractivity contribution in [1.82, 2.24) is 5.32 Å². The Balaban J connectivity index is 1.83. The van der Waals surface area contributed by atoms with E-state index >= 15 is 0 Å². The van der Waals surface area contributed by atoms with Gasteiger partial charge in [-0.05, 0) is 42.3 Å². The van der Waals surface area contributed by atoms with Crippen LogP contribution in [0.3, 0.4) is 0 Å². The number of nitrogens with one attached hydrogen (secondary N) is 1. The van der Waals surface area contributed by atoms with Crippen LogP contribution in [0.25, 0.3) is 0 Å². The Bertz CT molecular complexity index is 725. The Morgan fingerprint density at radius 1 is 0.923 bits per heavy atom. The fourth-order valence-electron chi connectivity index (χ4n) is 2.26. The number of rotatable bonds is 8. The van der Waals surface area contributed by atoms with E-state index < -0.39 is 6.10 Å². The van der Waals surface area contributed by atoms with E-state index in [1.165, 1.54) is 7.11 Å². The first-order chi connectivity index (χ1) is 12.5. The Morgan fingerprint density at radius 2 is 1.50 bits per heavy atom. The Hall–Kier alpha value is -3.02. The van der Waals surface area contributed by atoms with Gasteiger partial charge < -0.3 is 19.5 Å². The molecule has 2 aromatic carbocycles. The zero-order valence-electron chi connectivity index (χ0n) is 15.2. The standard InChI is InChI=1S/C20H23NO5/c1-14(20(23)21-13-16-6-8-17(24-2)9-7-16)26-18-10-4-15(5-11-18)12-19(22)25-3/h4-11,14H,12-13H2,1-3H3,(H,21,23). The summed E-state index contributed by atoms with van der Waals surface area (Å²) < 4.78 is 15.4. The van der Waals surface area contributed by atoms with Gasteiger partial charge in [-0.1, -0.05) is 24.3 Å². The predicted molar refractivity (Wildman–Crippen MR) is 97.1 cm³/mol. The molecule has 0 bridgehead atoms. The van der Waals surface area contributed by atoms with Crippen LogP contribution in [0.1, 0.15) is 18.1 Å². The third kappa shape index (κ3) is 5.81. The van der Waals surface area contributed by atoms with Gasteiger partial charge >= 0.3 is 5.97 Å². The number of hydrogen-bond donors (Lipinski definition) is 1. The second-order valence-electron chi connectivity index (χ2n) is 5.72. The lowest BCUT2D eigenvalue weighted by Gasteiger charge is -2.15. The molecule has 1 unspecified atom stereocenters. The van der Waals surface area contributed by atoms with Crippen LogP contribution in [0.5, 0.6) is 11.5 Å². The maximum Gasteiger partial charge on any atom is 0.309 e. The van der Waals surface area contributed by atoms with E-state index in [2.05, 4.69) is 10.1 Å². The first-order valence-electron chi connectivity index (χ1n) is 8.25. The first-order valence-corrected chi connectivity index (χ1v) is 8.25. The molecule has 6 nitrogen and oxygen atoms in total. The molecule has 0 saturated heterocycles. The number of amides is 1. The van der Waals surface area contributed by atoms with Crippen LogP contribution in [0.2, 0.25) is 0 Å². The lowest BCUT2D eigenvalue weighted by atomic mass is 10.1. The molecule has 2 aromatic rings. The van der Waals surface area contributed by atoms with Crippen molar-refractivity contribution in [2.45, 2.75) is 26.0 Å². The normalized spacial score (nSPS) is 11.3. The molecule has 26 heavy (non-hydrogen) atoms. The highest BCUT2D eigenvalue weighted by molar-refractivity contribution is 5.80.